The van der Waals surface area contributed by atoms with Crippen molar-refractivity contribution in [1.29, 1.82) is 0 Å². The fraction of sp³-hybridized carbons (Fsp3) is 0.364. The zero-order chi connectivity index (χ0) is 12.3. The molecule has 88 valence electrons. The predicted molar refractivity (Wildman–Crippen MR) is 67.2 cm³/mol. The molecule has 0 spiro atoms. The third kappa shape index (κ3) is 2.68. The Labute approximate surface area is 108 Å². The van der Waals surface area contributed by atoms with Gasteiger partial charge in [0.15, 0.2) is 10.1 Å². The minimum Gasteiger partial charge on any atom is -0.497 e. The van der Waals surface area contributed by atoms with Gasteiger partial charge in [0.1, 0.15) is 11.5 Å². The highest BCUT2D eigenvalue weighted by Crippen LogP contribution is 2.31. The maximum Gasteiger partial charge on any atom is 0.195 e. The van der Waals surface area contributed by atoms with Gasteiger partial charge in [0.05, 0.1) is 19.8 Å². The van der Waals surface area contributed by atoms with E-state index in [1.54, 1.807) is 19.2 Å². The van der Waals surface area contributed by atoms with E-state index >= 15 is 0 Å². The topological polar surface area (TPSA) is 35.5 Å². The maximum atomic E-state index is 11.8. The summed E-state index contributed by atoms with van der Waals surface area (Å²) in [6, 6.07) is 3.43. The quantitative estimate of drug-likeness (QED) is 0.633. The molecule has 1 atom stereocenters. The van der Waals surface area contributed by atoms with Gasteiger partial charge in [-0.15, -0.1) is 11.6 Å². The van der Waals surface area contributed by atoms with Crippen LogP contribution in [0.5, 0.6) is 11.5 Å². The summed E-state index contributed by atoms with van der Waals surface area (Å²) in [5.41, 5.74) is 1.24. The summed E-state index contributed by atoms with van der Waals surface area (Å²) in [4.78, 5) is 11.8. The van der Waals surface area contributed by atoms with Crippen LogP contribution in [0.15, 0.2) is 12.1 Å². The third-order valence-corrected chi connectivity index (χ3v) is 2.79. The van der Waals surface area contributed by atoms with E-state index in [1.807, 2.05) is 6.92 Å². The Morgan fingerprint density at radius 1 is 1.38 bits per heavy atom. The summed E-state index contributed by atoms with van der Waals surface area (Å²) in [6.45, 7) is 1.81. The zero-order valence-electron chi connectivity index (χ0n) is 9.21. The molecule has 1 aromatic rings. The molecule has 1 unspecified atom stereocenters. The lowest BCUT2D eigenvalue weighted by molar-refractivity contribution is 0.101. The molecule has 0 radical (unpaired) electrons. The van der Waals surface area contributed by atoms with Crippen molar-refractivity contribution in [2.75, 3.05) is 14.2 Å². The Morgan fingerprint density at radius 3 is 2.44 bits per heavy atom. The number of hydrogen-bond acceptors (Lipinski definition) is 3. The second kappa shape index (κ2) is 5.55. The normalized spacial score (nSPS) is 12.1. The zero-order valence-corrected chi connectivity index (χ0v) is 11.6. The lowest BCUT2D eigenvalue weighted by Crippen LogP contribution is -2.11. The van der Waals surface area contributed by atoms with Crippen molar-refractivity contribution in [1.82, 2.24) is 0 Å². The number of carbonyl (C=O) groups excluding carboxylic acids is 1. The summed E-state index contributed by atoms with van der Waals surface area (Å²) in [5.74, 6) is 0.886. The van der Waals surface area contributed by atoms with Crippen LogP contribution in [0.3, 0.4) is 0 Å². The molecule has 0 bridgehead atoms. The fourth-order valence-corrected chi connectivity index (χ4v) is 1.76. The van der Waals surface area contributed by atoms with Crippen LogP contribution in [0.4, 0.5) is 0 Å². The van der Waals surface area contributed by atoms with Crippen molar-refractivity contribution in [3.63, 3.8) is 0 Å². The Morgan fingerprint density at radius 2 is 2.00 bits per heavy atom. The molecule has 0 aliphatic rings. The third-order valence-electron chi connectivity index (χ3n) is 2.17. The number of benzene rings is 1. The van der Waals surface area contributed by atoms with Crippen LogP contribution >= 0.6 is 27.5 Å². The van der Waals surface area contributed by atoms with Crippen LogP contribution in [-0.4, -0.2) is 24.3 Å². The largest absolute Gasteiger partial charge is 0.497 e. The van der Waals surface area contributed by atoms with E-state index in [0.717, 1.165) is 5.56 Å². The standard InChI is InChI=1S/C11H12BrClO3/c1-6-4-7(15-2)5-8(16-3)9(6)10(14)11(12)13/h4-5,11H,1-3H3. The number of ether oxygens (including phenoxy) is 2. The fourth-order valence-electron chi connectivity index (χ4n) is 1.43. The van der Waals surface area contributed by atoms with E-state index in [-0.39, 0.29) is 5.78 Å². The second-order valence-corrected chi connectivity index (χ2v) is 5.07. The molecular formula is C11H12BrClO3. The summed E-state index contributed by atoms with van der Waals surface area (Å²) >= 11 is 8.76. The Kier molecular flexibility index (Phi) is 4.62. The van der Waals surface area contributed by atoms with Gasteiger partial charge in [-0.3, -0.25) is 4.79 Å². The number of halogens is 2. The van der Waals surface area contributed by atoms with E-state index < -0.39 is 4.29 Å². The van der Waals surface area contributed by atoms with Crippen molar-refractivity contribution < 1.29 is 14.3 Å². The number of Topliss-reactive ketones (excluding diaryl/α,β-unsaturated/α-hetero) is 1. The molecule has 16 heavy (non-hydrogen) atoms. The van der Waals surface area contributed by atoms with Crippen LogP contribution in [0.2, 0.25) is 0 Å². The van der Waals surface area contributed by atoms with Gasteiger partial charge < -0.3 is 9.47 Å². The molecule has 0 aliphatic heterocycles. The van der Waals surface area contributed by atoms with Gasteiger partial charge in [0.2, 0.25) is 0 Å². The molecule has 1 aromatic carbocycles. The molecule has 1 rings (SSSR count). The molecule has 0 aliphatic carbocycles. The number of carbonyl (C=O) groups is 1. The van der Waals surface area contributed by atoms with Crippen molar-refractivity contribution in [2.24, 2.45) is 0 Å². The second-order valence-electron chi connectivity index (χ2n) is 3.19. The predicted octanol–water partition coefficient (Wildman–Crippen LogP) is 3.15. The molecule has 0 amide bonds. The van der Waals surface area contributed by atoms with E-state index in [0.29, 0.717) is 17.1 Å². The molecule has 0 N–H and O–H groups in total. The van der Waals surface area contributed by atoms with Crippen LogP contribution in [0.1, 0.15) is 15.9 Å². The molecule has 0 aromatic heterocycles. The summed E-state index contributed by atoms with van der Waals surface area (Å²) in [6.07, 6.45) is 0. The highest BCUT2D eigenvalue weighted by Gasteiger charge is 2.21. The minimum absolute atomic E-state index is 0.223. The van der Waals surface area contributed by atoms with Crippen molar-refractivity contribution in [3.05, 3.63) is 23.3 Å². The number of alkyl halides is 2. The smallest absolute Gasteiger partial charge is 0.195 e. The van der Waals surface area contributed by atoms with Crippen molar-refractivity contribution in [3.8, 4) is 11.5 Å². The van der Waals surface area contributed by atoms with Gasteiger partial charge in [-0.1, -0.05) is 15.9 Å². The van der Waals surface area contributed by atoms with E-state index in [2.05, 4.69) is 15.9 Å². The van der Waals surface area contributed by atoms with E-state index in [4.69, 9.17) is 21.1 Å². The highest BCUT2D eigenvalue weighted by atomic mass is 79.9. The molecule has 0 fully saturated rings. The Bertz CT molecular complexity index is 404. The lowest BCUT2D eigenvalue weighted by atomic mass is 10.0. The van der Waals surface area contributed by atoms with Crippen LogP contribution < -0.4 is 9.47 Å². The highest BCUT2D eigenvalue weighted by molar-refractivity contribution is 9.10. The summed E-state index contributed by atoms with van der Waals surface area (Å²) in [7, 11) is 3.06. The molecule has 3 nitrogen and oxygen atoms in total. The maximum absolute atomic E-state index is 11.8. The average Bonchev–Trinajstić information content (AvgIpc) is 2.26. The van der Waals surface area contributed by atoms with Crippen LogP contribution in [0.25, 0.3) is 0 Å². The van der Waals surface area contributed by atoms with E-state index in [9.17, 15) is 4.79 Å². The first-order valence-corrected chi connectivity index (χ1v) is 5.91. The summed E-state index contributed by atoms with van der Waals surface area (Å²) < 4.78 is 9.50. The first-order valence-electron chi connectivity index (χ1n) is 4.56. The number of aryl methyl sites for hydroxylation is 1. The monoisotopic (exact) mass is 306 g/mol. The first kappa shape index (κ1) is 13.3. The van der Waals surface area contributed by atoms with Gasteiger partial charge in [0.25, 0.3) is 0 Å². The SMILES string of the molecule is COc1cc(C)c(C(=O)C(Cl)Br)c(OC)c1. The first-order chi connectivity index (χ1) is 7.51. The van der Waals surface area contributed by atoms with Crippen molar-refractivity contribution in [2.45, 2.75) is 11.2 Å². The number of ketones is 1. The average molecular weight is 308 g/mol. The molecule has 5 heteroatoms. The van der Waals surface area contributed by atoms with Gasteiger partial charge in [-0.25, -0.2) is 0 Å². The van der Waals surface area contributed by atoms with Crippen LogP contribution in [-0.2, 0) is 0 Å². The van der Waals surface area contributed by atoms with E-state index in [1.165, 1.54) is 7.11 Å². The molecule has 0 heterocycles. The summed E-state index contributed by atoms with van der Waals surface area (Å²) in [5, 5.41) is 0. The van der Waals surface area contributed by atoms with Gasteiger partial charge in [-0.2, -0.15) is 0 Å². The Balaban J connectivity index is 3.32. The Hall–Kier alpha value is -0.740. The number of rotatable bonds is 4. The van der Waals surface area contributed by atoms with Crippen LogP contribution in [0, 0.1) is 6.92 Å². The van der Waals surface area contributed by atoms with Gasteiger partial charge >= 0.3 is 0 Å². The number of methoxy groups -OCH3 is 2. The van der Waals surface area contributed by atoms with Gasteiger partial charge in [-0.05, 0) is 18.6 Å². The molecule has 0 saturated heterocycles. The number of hydrogen-bond donors (Lipinski definition) is 0. The van der Waals surface area contributed by atoms with Crippen molar-refractivity contribution >= 4 is 33.3 Å². The lowest BCUT2D eigenvalue weighted by Gasteiger charge is -2.13. The molecular weight excluding hydrogens is 295 g/mol. The van der Waals surface area contributed by atoms with Gasteiger partial charge in [0, 0.05) is 6.07 Å². The minimum atomic E-state index is -0.756. The molecule has 0 saturated carbocycles.